The Balaban J connectivity index is 2.46. The number of likely N-dealkylation sites (N-methyl/N-ethyl adjacent to an activating group) is 1. The van der Waals surface area contributed by atoms with E-state index >= 15 is 0 Å². The summed E-state index contributed by atoms with van der Waals surface area (Å²) in [5.41, 5.74) is 5.98. The summed E-state index contributed by atoms with van der Waals surface area (Å²) in [7, 11) is 3.76. The zero-order valence-corrected chi connectivity index (χ0v) is 13.1. The van der Waals surface area contributed by atoms with Crippen molar-refractivity contribution in [1.29, 1.82) is 0 Å². The molecule has 0 aromatic heterocycles. The van der Waals surface area contributed by atoms with E-state index in [9.17, 15) is 9.59 Å². The van der Waals surface area contributed by atoms with Crippen molar-refractivity contribution < 1.29 is 9.59 Å². The molecule has 1 rings (SSSR count). The molecule has 1 saturated heterocycles. The Labute approximate surface area is 121 Å². The lowest BCUT2D eigenvalue weighted by Gasteiger charge is -2.37. The Morgan fingerprint density at radius 3 is 2.10 bits per heavy atom. The van der Waals surface area contributed by atoms with Crippen molar-refractivity contribution in [2.24, 2.45) is 11.7 Å². The van der Waals surface area contributed by atoms with E-state index in [2.05, 4.69) is 0 Å². The summed E-state index contributed by atoms with van der Waals surface area (Å²) in [5, 5.41) is 0. The maximum absolute atomic E-state index is 12.2. The molecule has 0 spiro atoms. The first-order valence-electron chi connectivity index (χ1n) is 7.33. The fraction of sp³-hybridized carbons (Fsp3) is 0.857. The molecule has 20 heavy (non-hydrogen) atoms. The number of nitrogens with two attached hydrogens (primary N) is 1. The standard InChI is InChI=1S/C14H28N4O2/c1-5-11(2)13(15)14(20)18-8-6-17(7-9-18)12(19)10-16(3)4/h11,13H,5-10,15H2,1-4H3/t11?,13-/m0/s1. The number of amides is 2. The second-order valence-electron chi connectivity index (χ2n) is 5.86. The molecule has 0 aliphatic carbocycles. The van der Waals surface area contributed by atoms with Gasteiger partial charge in [0, 0.05) is 26.2 Å². The lowest BCUT2D eigenvalue weighted by molar-refractivity contribution is -0.141. The summed E-state index contributed by atoms with van der Waals surface area (Å²) in [6.07, 6.45) is 0.897. The topological polar surface area (TPSA) is 69.9 Å². The molecule has 0 bridgehead atoms. The Kier molecular flexibility index (Phi) is 6.42. The second kappa shape index (κ2) is 7.59. The fourth-order valence-electron chi connectivity index (χ4n) is 2.25. The van der Waals surface area contributed by atoms with Gasteiger partial charge < -0.3 is 20.4 Å². The molecule has 1 heterocycles. The van der Waals surface area contributed by atoms with Crippen LogP contribution in [0.5, 0.6) is 0 Å². The summed E-state index contributed by atoms with van der Waals surface area (Å²) in [6.45, 7) is 6.83. The highest BCUT2D eigenvalue weighted by Gasteiger charge is 2.29. The third-order valence-electron chi connectivity index (χ3n) is 3.94. The molecule has 2 N–H and O–H groups in total. The van der Waals surface area contributed by atoms with Gasteiger partial charge in [0.25, 0.3) is 0 Å². The fourth-order valence-corrected chi connectivity index (χ4v) is 2.25. The van der Waals surface area contributed by atoms with Crippen LogP contribution in [0, 0.1) is 5.92 Å². The smallest absolute Gasteiger partial charge is 0.239 e. The van der Waals surface area contributed by atoms with Gasteiger partial charge in [0.15, 0.2) is 0 Å². The molecule has 116 valence electrons. The number of nitrogens with zero attached hydrogens (tertiary/aromatic N) is 3. The normalized spacial score (nSPS) is 19.1. The van der Waals surface area contributed by atoms with Gasteiger partial charge in [-0.2, -0.15) is 0 Å². The van der Waals surface area contributed by atoms with E-state index in [1.807, 2.05) is 37.7 Å². The number of carbonyl (C=O) groups is 2. The molecule has 1 aliphatic heterocycles. The number of carbonyl (C=O) groups excluding carboxylic acids is 2. The van der Waals surface area contributed by atoms with Crippen molar-refractivity contribution in [2.45, 2.75) is 26.3 Å². The highest BCUT2D eigenvalue weighted by Crippen LogP contribution is 2.11. The van der Waals surface area contributed by atoms with Crippen LogP contribution >= 0.6 is 0 Å². The lowest BCUT2D eigenvalue weighted by Crippen LogP contribution is -2.56. The number of hydrogen-bond donors (Lipinski definition) is 1. The molecule has 2 amide bonds. The third kappa shape index (κ3) is 4.45. The Bertz CT molecular complexity index is 338. The van der Waals surface area contributed by atoms with Crippen LogP contribution in [-0.4, -0.2) is 79.4 Å². The zero-order valence-electron chi connectivity index (χ0n) is 13.1. The lowest BCUT2D eigenvalue weighted by atomic mass is 9.98. The molecule has 2 atom stereocenters. The number of rotatable bonds is 5. The van der Waals surface area contributed by atoms with Gasteiger partial charge in [-0.25, -0.2) is 0 Å². The van der Waals surface area contributed by atoms with E-state index in [1.54, 1.807) is 4.90 Å². The highest BCUT2D eigenvalue weighted by atomic mass is 16.2. The molecule has 1 aliphatic rings. The number of piperazine rings is 1. The van der Waals surface area contributed by atoms with Crippen molar-refractivity contribution in [1.82, 2.24) is 14.7 Å². The average molecular weight is 284 g/mol. The van der Waals surface area contributed by atoms with Crippen LogP contribution in [-0.2, 0) is 9.59 Å². The van der Waals surface area contributed by atoms with Gasteiger partial charge in [-0.15, -0.1) is 0 Å². The largest absolute Gasteiger partial charge is 0.338 e. The van der Waals surface area contributed by atoms with Crippen LogP contribution in [0.25, 0.3) is 0 Å². The first-order valence-corrected chi connectivity index (χ1v) is 7.33. The molecule has 0 saturated carbocycles. The molecule has 0 aromatic carbocycles. The van der Waals surface area contributed by atoms with Crippen LogP contribution in [0.1, 0.15) is 20.3 Å². The molecule has 6 nitrogen and oxygen atoms in total. The summed E-state index contributed by atoms with van der Waals surface area (Å²) in [5.74, 6) is 0.322. The van der Waals surface area contributed by atoms with Gasteiger partial charge in [0.2, 0.25) is 11.8 Å². The van der Waals surface area contributed by atoms with Crippen LogP contribution in [0.15, 0.2) is 0 Å². The van der Waals surface area contributed by atoms with E-state index in [-0.39, 0.29) is 17.7 Å². The summed E-state index contributed by atoms with van der Waals surface area (Å²) in [6, 6.07) is -0.427. The van der Waals surface area contributed by atoms with Gasteiger partial charge in [-0.3, -0.25) is 9.59 Å². The van der Waals surface area contributed by atoms with Gasteiger partial charge in [-0.1, -0.05) is 20.3 Å². The van der Waals surface area contributed by atoms with Gasteiger partial charge in [0.05, 0.1) is 12.6 Å². The zero-order chi connectivity index (χ0) is 15.3. The third-order valence-corrected chi connectivity index (χ3v) is 3.94. The number of hydrogen-bond acceptors (Lipinski definition) is 4. The average Bonchev–Trinajstić information content (AvgIpc) is 2.44. The second-order valence-corrected chi connectivity index (χ2v) is 5.86. The van der Waals surface area contributed by atoms with Crippen molar-refractivity contribution in [2.75, 3.05) is 46.8 Å². The van der Waals surface area contributed by atoms with Crippen molar-refractivity contribution >= 4 is 11.8 Å². The van der Waals surface area contributed by atoms with Crippen molar-refractivity contribution in [3.63, 3.8) is 0 Å². The van der Waals surface area contributed by atoms with E-state index in [0.29, 0.717) is 32.7 Å². The minimum absolute atomic E-state index is 0.0130. The molecule has 1 unspecified atom stereocenters. The summed E-state index contributed by atoms with van der Waals surface area (Å²) < 4.78 is 0. The predicted octanol–water partition coefficient (Wildman–Crippen LogP) is -0.408. The van der Waals surface area contributed by atoms with E-state index < -0.39 is 6.04 Å². The quantitative estimate of drug-likeness (QED) is 0.745. The molecule has 0 aromatic rings. The van der Waals surface area contributed by atoms with Crippen molar-refractivity contribution in [3.05, 3.63) is 0 Å². The minimum atomic E-state index is -0.427. The SMILES string of the molecule is CCC(C)[C@H](N)C(=O)N1CCN(C(=O)CN(C)C)CC1. The Morgan fingerprint density at radius 2 is 1.65 bits per heavy atom. The van der Waals surface area contributed by atoms with Crippen LogP contribution in [0.4, 0.5) is 0 Å². The van der Waals surface area contributed by atoms with Gasteiger partial charge >= 0.3 is 0 Å². The first kappa shape index (κ1) is 16.9. The van der Waals surface area contributed by atoms with E-state index in [4.69, 9.17) is 5.73 Å². The van der Waals surface area contributed by atoms with Crippen LogP contribution < -0.4 is 5.73 Å². The Morgan fingerprint density at radius 1 is 1.15 bits per heavy atom. The molecular formula is C14H28N4O2. The summed E-state index contributed by atoms with van der Waals surface area (Å²) >= 11 is 0. The van der Waals surface area contributed by atoms with E-state index in [1.165, 1.54) is 0 Å². The Hall–Kier alpha value is -1.14. The maximum Gasteiger partial charge on any atom is 0.239 e. The molecule has 1 fully saturated rings. The van der Waals surface area contributed by atoms with Gasteiger partial charge in [-0.05, 0) is 20.0 Å². The monoisotopic (exact) mass is 284 g/mol. The first-order chi connectivity index (χ1) is 9.36. The van der Waals surface area contributed by atoms with E-state index in [0.717, 1.165) is 6.42 Å². The van der Waals surface area contributed by atoms with Crippen LogP contribution in [0.2, 0.25) is 0 Å². The molecule has 0 radical (unpaired) electrons. The predicted molar refractivity (Wildman–Crippen MR) is 79.1 cm³/mol. The maximum atomic E-state index is 12.2. The highest BCUT2D eigenvalue weighted by molar-refractivity contribution is 5.83. The minimum Gasteiger partial charge on any atom is -0.338 e. The molecule has 6 heteroatoms. The van der Waals surface area contributed by atoms with Crippen molar-refractivity contribution in [3.8, 4) is 0 Å². The summed E-state index contributed by atoms with van der Waals surface area (Å²) in [4.78, 5) is 29.6. The molecular weight excluding hydrogens is 256 g/mol. The van der Waals surface area contributed by atoms with Crippen LogP contribution in [0.3, 0.4) is 0 Å². The van der Waals surface area contributed by atoms with Gasteiger partial charge in [0.1, 0.15) is 0 Å².